The number of phenols is 1. The molecule has 0 radical (unpaired) electrons. The minimum absolute atomic E-state index is 0.308. The summed E-state index contributed by atoms with van der Waals surface area (Å²) in [6.07, 6.45) is 0. The van der Waals surface area contributed by atoms with Crippen LogP contribution >= 0.6 is 0 Å². The fourth-order valence-corrected chi connectivity index (χ4v) is 0.967. The van der Waals surface area contributed by atoms with Crippen molar-refractivity contribution >= 4 is 0 Å². The van der Waals surface area contributed by atoms with Gasteiger partial charge in [-0.2, -0.15) is 0 Å². The number of hydrogen-bond donors (Lipinski definition) is 2. The van der Waals surface area contributed by atoms with Crippen molar-refractivity contribution in [3.63, 3.8) is 0 Å². The van der Waals surface area contributed by atoms with Gasteiger partial charge in [0.25, 0.3) is 0 Å². The highest BCUT2D eigenvalue weighted by Crippen LogP contribution is 2.18. The van der Waals surface area contributed by atoms with Crippen LogP contribution in [-0.4, -0.2) is 11.7 Å². The van der Waals surface area contributed by atoms with Crippen LogP contribution in [0.4, 0.5) is 0 Å². The van der Waals surface area contributed by atoms with Gasteiger partial charge < -0.3 is 10.8 Å². The Kier molecular flexibility index (Phi) is 2.49. The van der Waals surface area contributed by atoms with E-state index in [9.17, 15) is 0 Å². The van der Waals surface area contributed by atoms with Crippen LogP contribution in [0.2, 0.25) is 0 Å². The van der Waals surface area contributed by atoms with E-state index in [0.717, 1.165) is 5.56 Å². The van der Waals surface area contributed by atoms with Gasteiger partial charge in [0, 0.05) is 0 Å². The molecule has 3 N–H and O–H groups in total. The first-order chi connectivity index (χ1) is 5.24. The van der Waals surface area contributed by atoms with Crippen molar-refractivity contribution in [2.45, 2.75) is 12.8 Å². The molecule has 2 heteroatoms. The van der Waals surface area contributed by atoms with E-state index in [4.69, 9.17) is 10.8 Å². The van der Waals surface area contributed by atoms with Crippen LogP contribution in [0.15, 0.2) is 24.3 Å². The maximum atomic E-state index is 9.12. The van der Waals surface area contributed by atoms with Crippen LogP contribution in [0.5, 0.6) is 5.75 Å². The summed E-state index contributed by atoms with van der Waals surface area (Å²) in [7, 11) is 0. The largest absolute Gasteiger partial charge is 0.508 e. The molecule has 11 heavy (non-hydrogen) atoms. The van der Waals surface area contributed by atoms with Crippen molar-refractivity contribution in [3.8, 4) is 5.75 Å². The van der Waals surface area contributed by atoms with Crippen LogP contribution in [0.1, 0.15) is 18.4 Å². The van der Waals surface area contributed by atoms with Gasteiger partial charge in [0.05, 0.1) is 0 Å². The Hall–Kier alpha value is -1.02. The summed E-state index contributed by atoms with van der Waals surface area (Å²) in [4.78, 5) is 0. The molecule has 0 bridgehead atoms. The lowest BCUT2D eigenvalue weighted by Gasteiger charge is -2.07. The molecule has 1 atom stereocenters. The molecule has 0 heterocycles. The molecule has 1 aromatic carbocycles. The quantitative estimate of drug-likeness (QED) is 0.672. The third-order valence-corrected chi connectivity index (χ3v) is 1.79. The van der Waals surface area contributed by atoms with Crippen molar-refractivity contribution < 1.29 is 5.11 Å². The first kappa shape index (κ1) is 8.08. The number of rotatable bonds is 2. The number of aromatic hydroxyl groups is 1. The fraction of sp³-hybridized carbons (Fsp3) is 0.333. The lowest BCUT2D eigenvalue weighted by Crippen LogP contribution is -2.08. The molecule has 60 valence electrons. The lowest BCUT2D eigenvalue weighted by atomic mass is 10.0. The summed E-state index contributed by atoms with van der Waals surface area (Å²) in [5.74, 6) is 0.630. The first-order valence-electron chi connectivity index (χ1n) is 3.73. The average molecular weight is 151 g/mol. The molecule has 2 nitrogen and oxygen atoms in total. The maximum Gasteiger partial charge on any atom is 0.115 e. The van der Waals surface area contributed by atoms with Crippen molar-refractivity contribution in [3.05, 3.63) is 29.8 Å². The fourth-order valence-electron chi connectivity index (χ4n) is 0.967. The second-order valence-corrected chi connectivity index (χ2v) is 2.73. The number of hydrogen-bond acceptors (Lipinski definition) is 2. The lowest BCUT2D eigenvalue weighted by molar-refractivity contribution is 0.474. The molecule has 0 fully saturated rings. The summed E-state index contributed by atoms with van der Waals surface area (Å²) < 4.78 is 0. The molecule has 0 spiro atoms. The molecule has 0 amide bonds. The highest BCUT2D eigenvalue weighted by Gasteiger charge is 2.02. The van der Waals surface area contributed by atoms with Crippen LogP contribution < -0.4 is 5.73 Å². The van der Waals surface area contributed by atoms with E-state index in [2.05, 4.69) is 0 Å². The van der Waals surface area contributed by atoms with E-state index < -0.39 is 0 Å². The van der Waals surface area contributed by atoms with Gasteiger partial charge >= 0.3 is 0 Å². The number of benzene rings is 1. The molecule has 0 aliphatic heterocycles. The third kappa shape index (κ3) is 1.95. The zero-order chi connectivity index (χ0) is 8.27. The predicted molar refractivity (Wildman–Crippen MR) is 45.6 cm³/mol. The van der Waals surface area contributed by atoms with E-state index in [1.54, 1.807) is 12.1 Å². The van der Waals surface area contributed by atoms with Gasteiger partial charge in [0.15, 0.2) is 0 Å². The predicted octanol–water partition coefficient (Wildman–Crippen LogP) is 1.45. The molecule has 0 saturated heterocycles. The summed E-state index contributed by atoms with van der Waals surface area (Å²) in [5.41, 5.74) is 6.56. The summed E-state index contributed by atoms with van der Waals surface area (Å²) in [6, 6.07) is 7.21. The van der Waals surface area contributed by atoms with Crippen molar-refractivity contribution in [1.82, 2.24) is 0 Å². The summed E-state index contributed by atoms with van der Waals surface area (Å²) in [6.45, 7) is 2.65. The zero-order valence-corrected chi connectivity index (χ0v) is 6.62. The van der Waals surface area contributed by atoms with Crippen molar-refractivity contribution in [2.75, 3.05) is 6.54 Å². The molecule has 0 saturated carbocycles. The smallest absolute Gasteiger partial charge is 0.115 e. The average Bonchev–Trinajstić information content (AvgIpc) is 2.03. The zero-order valence-electron chi connectivity index (χ0n) is 6.62. The van der Waals surface area contributed by atoms with E-state index in [1.165, 1.54) is 0 Å². The molecule has 1 rings (SSSR count). The minimum atomic E-state index is 0.308. The molecule has 0 aliphatic carbocycles. The van der Waals surface area contributed by atoms with E-state index in [1.807, 2.05) is 19.1 Å². The van der Waals surface area contributed by atoms with Crippen LogP contribution in [0.3, 0.4) is 0 Å². The second kappa shape index (κ2) is 3.39. The number of nitrogens with two attached hydrogens (primary N) is 1. The first-order valence-corrected chi connectivity index (χ1v) is 3.73. The maximum absolute atomic E-state index is 9.12. The molecule has 0 aliphatic rings. The monoisotopic (exact) mass is 151 g/mol. The van der Waals surface area contributed by atoms with E-state index >= 15 is 0 Å². The summed E-state index contributed by atoms with van der Waals surface area (Å²) in [5, 5.41) is 9.12. The second-order valence-electron chi connectivity index (χ2n) is 2.73. The van der Waals surface area contributed by atoms with Gasteiger partial charge in [-0.15, -0.1) is 0 Å². The van der Waals surface area contributed by atoms with Gasteiger partial charge in [0.2, 0.25) is 0 Å². The van der Waals surface area contributed by atoms with Crippen LogP contribution in [0.25, 0.3) is 0 Å². The van der Waals surface area contributed by atoms with Gasteiger partial charge in [-0.05, 0) is 30.2 Å². The Labute approximate surface area is 66.7 Å². The normalized spacial score (nSPS) is 12.9. The van der Waals surface area contributed by atoms with Gasteiger partial charge in [-0.3, -0.25) is 0 Å². The summed E-state index contributed by atoms with van der Waals surface area (Å²) >= 11 is 0. The molecule has 0 unspecified atom stereocenters. The van der Waals surface area contributed by atoms with E-state index in [-0.39, 0.29) is 0 Å². The van der Waals surface area contributed by atoms with E-state index in [0.29, 0.717) is 18.2 Å². The van der Waals surface area contributed by atoms with Gasteiger partial charge in [0.1, 0.15) is 5.75 Å². The highest BCUT2D eigenvalue weighted by molar-refractivity contribution is 5.29. The third-order valence-electron chi connectivity index (χ3n) is 1.79. The Balaban J connectivity index is 2.86. The molecular weight excluding hydrogens is 138 g/mol. The van der Waals surface area contributed by atoms with Gasteiger partial charge in [-0.1, -0.05) is 19.1 Å². The Morgan fingerprint density at radius 1 is 1.55 bits per heavy atom. The van der Waals surface area contributed by atoms with Crippen molar-refractivity contribution in [2.24, 2.45) is 5.73 Å². The van der Waals surface area contributed by atoms with Crippen LogP contribution in [-0.2, 0) is 0 Å². The molecule has 0 aromatic heterocycles. The standard InChI is InChI=1S/C9H13NO/c1-7(6-10)8-3-2-4-9(11)5-8/h2-5,7,11H,6,10H2,1H3/t7-/m0/s1. The van der Waals surface area contributed by atoms with Gasteiger partial charge in [-0.25, -0.2) is 0 Å². The Bertz CT molecular complexity index is 235. The molecule has 1 aromatic rings. The Morgan fingerprint density at radius 2 is 2.27 bits per heavy atom. The Morgan fingerprint density at radius 3 is 2.82 bits per heavy atom. The van der Waals surface area contributed by atoms with Crippen LogP contribution in [0, 0.1) is 0 Å². The minimum Gasteiger partial charge on any atom is -0.508 e. The van der Waals surface area contributed by atoms with Crippen molar-refractivity contribution in [1.29, 1.82) is 0 Å². The topological polar surface area (TPSA) is 46.2 Å². The highest BCUT2D eigenvalue weighted by atomic mass is 16.3. The number of phenolic OH excluding ortho intramolecular Hbond substituents is 1. The molecular formula is C9H13NO. The SMILES string of the molecule is C[C@@H](CN)c1cccc(O)c1.